The summed E-state index contributed by atoms with van der Waals surface area (Å²) in [6, 6.07) is 2.65. The summed E-state index contributed by atoms with van der Waals surface area (Å²) in [6.07, 6.45) is -7.98. The molecule has 0 saturated heterocycles. The third-order valence-corrected chi connectivity index (χ3v) is 3.27. The van der Waals surface area contributed by atoms with Crippen molar-refractivity contribution >= 4 is 27.4 Å². The van der Waals surface area contributed by atoms with Gasteiger partial charge in [-0.2, -0.15) is 21.6 Å². The van der Waals surface area contributed by atoms with Crippen molar-refractivity contribution in [2.75, 3.05) is 5.75 Å². The third kappa shape index (κ3) is 4.63. The van der Waals surface area contributed by atoms with Gasteiger partial charge >= 0.3 is 12.1 Å². The Balaban J connectivity index is 2.83. The zero-order valence-electron chi connectivity index (χ0n) is 8.55. The molecular weight excluding hydrogens is 297 g/mol. The van der Waals surface area contributed by atoms with Crippen LogP contribution < -0.4 is 0 Å². The van der Waals surface area contributed by atoms with Gasteiger partial charge in [0, 0.05) is 0 Å². The van der Waals surface area contributed by atoms with Crippen LogP contribution in [0.25, 0.3) is 0 Å². The minimum atomic E-state index is -5.08. The normalized spacial score (nSPS) is 14.2. The lowest BCUT2D eigenvalue weighted by Crippen LogP contribution is -2.39. The lowest BCUT2D eigenvalue weighted by atomic mass is 10.4. The molecule has 1 N–H and O–H groups in total. The Kier molecular flexibility index (Phi) is 4.35. The fraction of sp³-hybridized carbons (Fsp3) is 0.375. The van der Waals surface area contributed by atoms with Crippen LogP contribution in [0.3, 0.4) is 0 Å². The van der Waals surface area contributed by atoms with Crippen LogP contribution >= 0.6 is 11.3 Å². The number of esters is 1. The lowest BCUT2D eigenvalue weighted by Gasteiger charge is -2.18. The van der Waals surface area contributed by atoms with Gasteiger partial charge in [0.1, 0.15) is 10.6 Å². The number of hydrogen-bond donors (Lipinski definition) is 1. The van der Waals surface area contributed by atoms with Gasteiger partial charge in [0.2, 0.25) is 6.10 Å². The highest BCUT2D eigenvalue weighted by Gasteiger charge is 2.45. The summed E-state index contributed by atoms with van der Waals surface area (Å²) in [5.74, 6) is -3.02. The summed E-state index contributed by atoms with van der Waals surface area (Å²) in [4.78, 5) is 11.2. The van der Waals surface area contributed by atoms with Gasteiger partial charge < -0.3 is 4.74 Å². The Bertz CT molecular complexity index is 505. The zero-order valence-corrected chi connectivity index (χ0v) is 10.2. The highest BCUT2D eigenvalue weighted by atomic mass is 32.2. The van der Waals surface area contributed by atoms with Crippen LogP contribution in [0.5, 0.6) is 0 Å². The molecule has 0 radical (unpaired) electrons. The predicted molar refractivity (Wildman–Crippen MR) is 56.0 cm³/mol. The van der Waals surface area contributed by atoms with Crippen molar-refractivity contribution in [3.63, 3.8) is 0 Å². The minimum absolute atomic E-state index is 0.0976. The smallest absolute Gasteiger partial charge is 0.426 e. The summed E-state index contributed by atoms with van der Waals surface area (Å²) in [5, 5.41) is 1.45. The van der Waals surface area contributed by atoms with Crippen molar-refractivity contribution in [1.82, 2.24) is 0 Å². The van der Waals surface area contributed by atoms with Crippen LogP contribution in [0, 0.1) is 0 Å². The second-order valence-electron chi connectivity index (χ2n) is 3.16. The summed E-state index contributed by atoms with van der Waals surface area (Å²) in [7, 11) is -4.91. The Morgan fingerprint density at radius 1 is 1.50 bits per heavy atom. The lowest BCUT2D eigenvalue weighted by molar-refractivity contribution is -0.197. The van der Waals surface area contributed by atoms with E-state index in [1.165, 1.54) is 17.5 Å². The number of hydrogen-bond acceptors (Lipinski definition) is 5. The van der Waals surface area contributed by atoms with Crippen molar-refractivity contribution in [3.8, 4) is 0 Å². The molecule has 1 heterocycles. The largest absolute Gasteiger partial charge is 0.447 e. The maximum Gasteiger partial charge on any atom is 0.426 e. The molecule has 1 rings (SSSR count). The van der Waals surface area contributed by atoms with Crippen LogP contribution in [0.1, 0.15) is 9.67 Å². The summed E-state index contributed by atoms with van der Waals surface area (Å²) >= 11 is 0.848. The SMILES string of the molecule is O=C(OC(CS(=O)(=O)O)C(F)(F)F)c1cccs1. The average molecular weight is 304 g/mol. The van der Waals surface area contributed by atoms with Crippen molar-refractivity contribution in [3.05, 3.63) is 22.4 Å². The van der Waals surface area contributed by atoms with Crippen LogP contribution in [-0.2, 0) is 14.9 Å². The number of thiophene rings is 1. The molecule has 0 saturated carbocycles. The molecule has 0 aliphatic rings. The average Bonchev–Trinajstić information content (AvgIpc) is 2.65. The summed E-state index contributed by atoms with van der Waals surface area (Å²) in [5.41, 5.74) is 0. The van der Waals surface area contributed by atoms with Crippen molar-refractivity contribution in [2.24, 2.45) is 0 Å². The molecule has 0 fully saturated rings. The van der Waals surface area contributed by atoms with Gasteiger partial charge in [0.05, 0.1) is 0 Å². The molecule has 0 aliphatic heterocycles. The molecule has 0 amide bonds. The molecule has 102 valence electrons. The van der Waals surface area contributed by atoms with Gasteiger partial charge in [-0.15, -0.1) is 11.3 Å². The molecule has 10 heteroatoms. The molecule has 1 atom stereocenters. The first-order chi connectivity index (χ1) is 8.09. The molecule has 1 aromatic heterocycles. The molecular formula is C8H7F3O5S2. The van der Waals surface area contributed by atoms with E-state index in [0.29, 0.717) is 0 Å². The molecule has 1 aromatic rings. The quantitative estimate of drug-likeness (QED) is 0.676. The Hall–Kier alpha value is -1.13. The number of rotatable bonds is 4. The van der Waals surface area contributed by atoms with Crippen LogP contribution in [-0.4, -0.2) is 37.0 Å². The zero-order chi connectivity index (χ0) is 14.0. The van der Waals surface area contributed by atoms with E-state index in [1.807, 2.05) is 0 Å². The molecule has 0 bridgehead atoms. The highest BCUT2D eigenvalue weighted by molar-refractivity contribution is 7.85. The highest BCUT2D eigenvalue weighted by Crippen LogP contribution is 2.25. The second kappa shape index (κ2) is 5.24. The Labute approximate surface area is 104 Å². The van der Waals surface area contributed by atoms with E-state index in [-0.39, 0.29) is 4.88 Å². The van der Waals surface area contributed by atoms with Crippen molar-refractivity contribution in [2.45, 2.75) is 12.3 Å². The van der Waals surface area contributed by atoms with Crippen LogP contribution in [0.2, 0.25) is 0 Å². The topological polar surface area (TPSA) is 80.7 Å². The number of carbonyl (C=O) groups excluding carboxylic acids is 1. The van der Waals surface area contributed by atoms with E-state index in [4.69, 9.17) is 4.55 Å². The van der Waals surface area contributed by atoms with Gasteiger partial charge in [0.15, 0.2) is 0 Å². The van der Waals surface area contributed by atoms with E-state index in [1.54, 1.807) is 0 Å². The number of halogens is 3. The molecule has 5 nitrogen and oxygen atoms in total. The number of carbonyl (C=O) groups is 1. The first-order valence-corrected chi connectivity index (χ1v) is 6.85. The van der Waals surface area contributed by atoms with E-state index in [2.05, 4.69) is 4.74 Å². The maximum atomic E-state index is 12.4. The number of alkyl halides is 3. The van der Waals surface area contributed by atoms with Gasteiger partial charge in [-0.25, -0.2) is 4.79 Å². The molecule has 1 unspecified atom stereocenters. The van der Waals surface area contributed by atoms with Gasteiger partial charge in [-0.1, -0.05) is 6.07 Å². The van der Waals surface area contributed by atoms with Crippen molar-refractivity contribution < 1.29 is 35.7 Å². The van der Waals surface area contributed by atoms with Gasteiger partial charge in [-0.3, -0.25) is 4.55 Å². The van der Waals surface area contributed by atoms with E-state index in [0.717, 1.165) is 11.3 Å². The Morgan fingerprint density at radius 3 is 2.50 bits per heavy atom. The Morgan fingerprint density at radius 2 is 2.11 bits per heavy atom. The molecule has 18 heavy (non-hydrogen) atoms. The maximum absolute atomic E-state index is 12.4. The molecule has 0 aliphatic carbocycles. The minimum Gasteiger partial charge on any atom is -0.447 e. The first kappa shape index (κ1) is 14.9. The third-order valence-electron chi connectivity index (χ3n) is 1.70. The van der Waals surface area contributed by atoms with Crippen LogP contribution in [0.4, 0.5) is 13.2 Å². The molecule has 0 spiro atoms. The number of ether oxygens (including phenoxy) is 1. The standard InChI is InChI=1S/C8H7F3O5S2/c9-8(10,11)6(4-18(13,14)15)16-7(12)5-2-1-3-17-5/h1-3,6H,4H2,(H,13,14,15). The van der Waals surface area contributed by atoms with Gasteiger partial charge in [-0.05, 0) is 11.4 Å². The second-order valence-corrected chi connectivity index (χ2v) is 5.61. The van der Waals surface area contributed by atoms with Crippen molar-refractivity contribution in [1.29, 1.82) is 0 Å². The fourth-order valence-electron chi connectivity index (χ4n) is 0.969. The van der Waals surface area contributed by atoms with Gasteiger partial charge in [0.25, 0.3) is 10.1 Å². The molecule has 0 aromatic carbocycles. The van der Waals surface area contributed by atoms with E-state index < -0.39 is 34.1 Å². The summed E-state index contributed by atoms with van der Waals surface area (Å²) in [6.45, 7) is 0. The first-order valence-electron chi connectivity index (χ1n) is 4.36. The summed E-state index contributed by atoms with van der Waals surface area (Å²) < 4.78 is 70.5. The van der Waals surface area contributed by atoms with E-state index in [9.17, 15) is 26.4 Å². The predicted octanol–water partition coefficient (Wildman–Crippen LogP) is 1.72. The monoisotopic (exact) mass is 304 g/mol. The van der Waals surface area contributed by atoms with E-state index >= 15 is 0 Å². The fourth-order valence-corrected chi connectivity index (χ4v) is 2.21. The van der Waals surface area contributed by atoms with Crippen LogP contribution in [0.15, 0.2) is 17.5 Å².